The van der Waals surface area contributed by atoms with Gasteiger partial charge >= 0.3 is 5.97 Å². The Morgan fingerprint density at radius 2 is 2.00 bits per heavy atom. The zero-order chi connectivity index (χ0) is 17.3. The van der Waals surface area contributed by atoms with E-state index in [4.69, 9.17) is 14.6 Å². The molecule has 3 rings (SSSR count). The largest absolute Gasteiger partial charge is 0.493 e. The van der Waals surface area contributed by atoms with E-state index in [2.05, 4.69) is 21.0 Å². The number of nitrogens with zero attached hydrogens (tertiary/aromatic N) is 2. The number of carboxylic acids is 1. The van der Waals surface area contributed by atoms with E-state index in [0.29, 0.717) is 17.2 Å². The van der Waals surface area contributed by atoms with Gasteiger partial charge in [-0.2, -0.15) is 5.10 Å². The number of aromatic nitrogens is 2. The van der Waals surface area contributed by atoms with Crippen molar-refractivity contribution in [2.45, 2.75) is 31.8 Å². The van der Waals surface area contributed by atoms with Gasteiger partial charge in [0.05, 0.1) is 18.9 Å². The molecule has 1 aromatic heterocycles. The maximum Gasteiger partial charge on any atom is 0.356 e. The number of carbonyl (C=O) groups is 1. The van der Waals surface area contributed by atoms with Crippen LogP contribution in [0.15, 0.2) is 22.7 Å². The van der Waals surface area contributed by atoms with Crippen LogP contribution in [0.4, 0.5) is 0 Å². The third-order valence-electron chi connectivity index (χ3n) is 4.22. The predicted molar refractivity (Wildman–Crippen MR) is 92.7 cm³/mol. The van der Waals surface area contributed by atoms with Crippen molar-refractivity contribution in [2.75, 3.05) is 7.11 Å². The number of aromatic carboxylic acids is 1. The summed E-state index contributed by atoms with van der Waals surface area (Å²) in [5.74, 6) is 0.264. The first-order chi connectivity index (χ1) is 11.5. The van der Waals surface area contributed by atoms with Crippen LogP contribution in [0, 0.1) is 0 Å². The molecular formula is C17H19BrN2O4. The minimum atomic E-state index is -1.05. The van der Waals surface area contributed by atoms with E-state index >= 15 is 0 Å². The van der Waals surface area contributed by atoms with Gasteiger partial charge in [-0.3, -0.25) is 4.68 Å². The first-order valence-corrected chi connectivity index (χ1v) is 8.60. The monoisotopic (exact) mass is 394 g/mol. The number of rotatable bonds is 5. The summed E-state index contributed by atoms with van der Waals surface area (Å²) in [5, 5.41) is 13.1. The fourth-order valence-electron chi connectivity index (χ4n) is 2.99. The molecule has 7 heteroatoms. The molecule has 1 aliphatic rings. The fraction of sp³-hybridized carbons (Fsp3) is 0.412. The highest BCUT2D eigenvalue weighted by atomic mass is 79.9. The second kappa shape index (κ2) is 6.84. The summed E-state index contributed by atoms with van der Waals surface area (Å²) < 4.78 is 13.9. The molecule has 1 saturated carbocycles. The Balaban J connectivity index is 1.98. The standard InChI is InChI=1S/C17H19BrN2O4/c1-20-14(9-13(19-20)17(21)22)11-7-15(23-2)16(8-12(11)18)24-10-5-3-4-6-10/h7-10H,3-6H2,1-2H3,(H,21,22). The van der Waals surface area contributed by atoms with Crippen molar-refractivity contribution in [1.29, 1.82) is 0 Å². The van der Waals surface area contributed by atoms with Gasteiger partial charge in [0.2, 0.25) is 0 Å². The van der Waals surface area contributed by atoms with Crippen molar-refractivity contribution in [1.82, 2.24) is 9.78 Å². The second-order valence-electron chi connectivity index (χ2n) is 5.85. The lowest BCUT2D eigenvalue weighted by atomic mass is 10.1. The summed E-state index contributed by atoms with van der Waals surface area (Å²) in [6, 6.07) is 5.26. The van der Waals surface area contributed by atoms with Crippen LogP contribution >= 0.6 is 15.9 Å². The smallest absolute Gasteiger partial charge is 0.356 e. The molecule has 1 fully saturated rings. The van der Waals surface area contributed by atoms with Gasteiger partial charge in [0.15, 0.2) is 17.2 Å². The van der Waals surface area contributed by atoms with Crippen molar-refractivity contribution >= 4 is 21.9 Å². The van der Waals surface area contributed by atoms with Crippen molar-refractivity contribution in [2.24, 2.45) is 7.05 Å². The molecule has 0 saturated heterocycles. The number of ether oxygens (including phenoxy) is 2. The Bertz CT molecular complexity index is 766. The van der Waals surface area contributed by atoms with Crippen molar-refractivity contribution in [3.8, 4) is 22.8 Å². The summed E-state index contributed by atoms with van der Waals surface area (Å²) in [7, 11) is 3.31. The minimum absolute atomic E-state index is 0.00430. The van der Waals surface area contributed by atoms with Crippen LogP contribution in [0.25, 0.3) is 11.3 Å². The molecule has 0 atom stereocenters. The van der Waals surface area contributed by atoms with Gasteiger partial charge in [0, 0.05) is 17.1 Å². The summed E-state index contributed by atoms with van der Waals surface area (Å²) in [5.41, 5.74) is 1.49. The van der Waals surface area contributed by atoms with Crippen LogP contribution in [0.5, 0.6) is 11.5 Å². The van der Waals surface area contributed by atoms with Crippen molar-refractivity contribution < 1.29 is 19.4 Å². The molecule has 24 heavy (non-hydrogen) atoms. The molecule has 0 amide bonds. The molecular weight excluding hydrogens is 376 g/mol. The van der Waals surface area contributed by atoms with Gasteiger partial charge in [0.1, 0.15) is 0 Å². The molecule has 0 aliphatic heterocycles. The molecule has 1 aliphatic carbocycles. The van der Waals surface area contributed by atoms with Gasteiger partial charge in [-0.05, 0) is 59.8 Å². The average Bonchev–Trinajstić information content (AvgIpc) is 3.17. The number of halogens is 1. The maximum atomic E-state index is 11.1. The SMILES string of the molecule is COc1cc(-c2cc(C(=O)O)nn2C)c(Br)cc1OC1CCCC1. The minimum Gasteiger partial charge on any atom is -0.493 e. The maximum absolute atomic E-state index is 11.1. The highest BCUT2D eigenvalue weighted by molar-refractivity contribution is 9.10. The van der Waals surface area contributed by atoms with Crippen LogP contribution < -0.4 is 9.47 Å². The van der Waals surface area contributed by atoms with E-state index in [1.807, 2.05) is 12.1 Å². The van der Waals surface area contributed by atoms with Gasteiger partial charge < -0.3 is 14.6 Å². The van der Waals surface area contributed by atoms with Crippen LogP contribution in [0.1, 0.15) is 36.2 Å². The van der Waals surface area contributed by atoms with Crippen molar-refractivity contribution in [3.05, 3.63) is 28.4 Å². The summed E-state index contributed by atoms with van der Waals surface area (Å²) in [6.07, 6.45) is 4.74. The molecule has 128 valence electrons. The van der Waals surface area contributed by atoms with Gasteiger partial charge in [-0.1, -0.05) is 0 Å². The zero-order valence-corrected chi connectivity index (χ0v) is 15.2. The summed E-state index contributed by atoms with van der Waals surface area (Å²) in [4.78, 5) is 11.1. The molecule has 1 heterocycles. The number of carboxylic acid groups (broad SMARTS) is 1. The van der Waals surface area contributed by atoms with Gasteiger partial charge in [-0.25, -0.2) is 4.79 Å². The molecule has 0 unspecified atom stereocenters. The number of hydrogen-bond acceptors (Lipinski definition) is 4. The highest BCUT2D eigenvalue weighted by Gasteiger charge is 2.21. The van der Waals surface area contributed by atoms with Crippen LogP contribution in [-0.2, 0) is 7.05 Å². The molecule has 0 bridgehead atoms. The first kappa shape index (κ1) is 16.8. The lowest BCUT2D eigenvalue weighted by Gasteiger charge is -2.17. The Hall–Kier alpha value is -2.02. The fourth-order valence-corrected chi connectivity index (χ4v) is 3.52. The Kier molecular flexibility index (Phi) is 4.80. The zero-order valence-electron chi connectivity index (χ0n) is 13.6. The Morgan fingerprint density at radius 3 is 2.58 bits per heavy atom. The molecule has 1 N–H and O–H groups in total. The van der Waals surface area contributed by atoms with E-state index in [1.54, 1.807) is 24.9 Å². The van der Waals surface area contributed by atoms with E-state index in [-0.39, 0.29) is 11.8 Å². The number of methoxy groups -OCH3 is 1. The Labute approximate surface area is 148 Å². The normalized spacial score (nSPS) is 14.8. The molecule has 1 aromatic carbocycles. The number of hydrogen-bond donors (Lipinski definition) is 1. The topological polar surface area (TPSA) is 73.6 Å². The van der Waals surface area contributed by atoms with Crippen LogP contribution in [-0.4, -0.2) is 34.1 Å². The second-order valence-corrected chi connectivity index (χ2v) is 6.71. The average molecular weight is 395 g/mol. The Morgan fingerprint density at radius 1 is 1.29 bits per heavy atom. The van der Waals surface area contributed by atoms with Gasteiger partial charge in [0.25, 0.3) is 0 Å². The lowest BCUT2D eigenvalue weighted by Crippen LogP contribution is -2.11. The molecule has 0 radical (unpaired) electrons. The van der Waals surface area contributed by atoms with E-state index < -0.39 is 5.97 Å². The lowest BCUT2D eigenvalue weighted by molar-refractivity contribution is 0.0689. The molecule has 6 nitrogen and oxygen atoms in total. The number of benzene rings is 1. The van der Waals surface area contributed by atoms with Crippen LogP contribution in [0.2, 0.25) is 0 Å². The molecule has 0 spiro atoms. The van der Waals surface area contributed by atoms with E-state index in [1.165, 1.54) is 12.8 Å². The quantitative estimate of drug-likeness (QED) is 0.832. The van der Waals surface area contributed by atoms with Crippen molar-refractivity contribution in [3.63, 3.8) is 0 Å². The summed E-state index contributed by atoms with van der Waals surface area (Å²) in [6.45, 7) is 0. The third kappa shape index (κ3) is 3.26. The van der Waals surface area contributed by atoms with E-state index in [9.17, 15) is 4.79 Å². The molecule has 2 aromatic rings. The number of aryl methyl sites for hydroxylation is 1. The van der Waals surface area contributed by atoms with E-state index in [0.717, 1.165) is 22.9 Å². The third-order valence-corrected chi connectivity index (χ3v) is 4.88. The van der Waals surface area contributed by atoms with Gasteiger partial charge in [-0.15, -0.1) is 0 Å². The highest BCUT2D eigenvalue weighted by Crippen LogP contribution is 2.40. The first-order valence-electron chi connectivity index (χ1n) is 7.81. The van der Waals surface area contributed by atoms with Crippen LogP contribution in [0.3, 0.4) is 0 Å². The summed E-state index contributed by atoms with van der Waals surface area (Å²) >= 11 is 3.55. The predicted octanol–water partition coefficient (Wildman–Crippen LogP) is 3.88.